The van der Waals surface area contributed by atoms with Crippen molar-refractivity contribution in [2.45, 2.75) is 54.5 Å². The lowest BCUT2D eigenvalue weighted by Gasteiger charge is -2.29. The standard InChI is InChI=1S/C16H23NS2/c1-10-8-15(13-6-7-18-16(13)19-10)17-9-14(11-2-3-11)12-4-5-12/h6-7,10-12,14-15,17H,2-5,8-9H2,1H3/t10-,15?/m0/s1. The van der Waals surface area contributed by atoms with Gasteiger partial charge >= 0.3 is 0 Å². The molecule has 1 aromatic rings. The average Bonchev–Trinajstić information content (AvgIpc) is 3.30. The zero-order chi connectivity index (χ0) is 12.8. The lowest BCUT2D eigenvalue weighted by atomic mass is 9.96. The van der Waals surface area contributed by atoms with Crippen LogP contribution in [-0.4, -0.2) is 11.8 Å². The van der Waals surface area contributed by atoms with Gasteiger partial charge in [-0.1, -0.05) is 6.92 Å². The minimum absolute atomic E-state index is 0.623. The van der Waals surface area contributed by atoms with Crippen molar-refractivity contribution in [2.75, 3.05) is 6.54 Å². The Bertz CT molecular complexity index is 435. The lowest BCUT2D eigenvalue weighted by Crippen LogP contribution is -2.32. The largest absolute Gasteiger partial charge is 0.310 e. The highest BCUT2D eigenvalue weighted by atomic mass is 32.2. The van der Waals surface area contributed by atoms with Crippen LogP contribution in [0.1, 0.15) is 50.6 Å². The van der Waals surface area contributed by atoms with Crippen LogP contribution in [0.5, 0.6) is 0 Å². The van der Waals surface area contributed by atoms with Crippen molar-refractivity contribution in [3.05, 3.63) is 17.0 Å². The maximum absolute atomic E-state index is 3.93. The fraction of sp³-hybridized carbons (Fsp3) is 0.750. The monoisotopic (exact) mass is 293 g/mol. The van der Waals surface area contributed by atoms with E-state index in [4.69, 9.17) is 0 Å². The molecule has 2 fully saturated rings. The van der Waals surface area contributed by atoms with Crippen LogP contribution in [0.25, 0.3) is 0 Å². The van der Waals surface area contributed by atoms with Gasteiger partial charge in [-0.3, -0.25) is 0 Å². The molecule has 3 aliphatic rings. The summed E-state index contributed by atoms with van der Waals surface area (Å²) in [4.78, 5) is 0. The highest BCUT2D eigenvalue weighted by molar-refractivity contribution is 8.01. The Morgan fingerprint density at radius 1 is 1.26 bits per heavy atom. The Morgan fingerprint density at radius 3 is 2.68 bits per heavy atom. The van der Waals surface area contributed by atoms with E-state index in [1.165, 1.54) is 38.6 Å². The summed E-state index contributed by atoms with van der Waals surface area (Å²) in [6.07, 6.45) is 7.32. The number of nitrogens with one attached hydrogen (secondary N) is 1. The van der Waals surface area contributed by atoms with Crippen molar-refractivity contribution in [1.82, 2.24) is 5.32 Å². The topological polar surface area (TPSA) is 12.0 Å². The first kappa shape index (κ1) is 12.7. The minimum atomic E-state index is 0.623. The van der Waals surface area contributed by atoms with Crippen molar-refractivity contribution < 1.29 is 0 Å². The second-order valence-corrected chi connectivity index (χ2v) is 9.25. The molecule has 1 nitrogen and oxygen atoms in total. The molecule has 2 atom stereocenters. The third-order valence-electron chi connectivity index (χ3n) is 4.96. The van der Waals surface area contributed by atoms with Crippen molar-refractivity contribution in [3.63, 3.8) is 0 Å². The molecule has 104 valence electrons. The summed E-state index contributed by atoms with van der Waals surface area (Å²) in [6.45, 7) is 3.65. The van der Waals surface area contributed by atoms with Crippen LogP contribution < -0.4 is 5.32 Å². The van der Waals surface area contributed by atoms with Crippen molar-refractivity contribution >= 4 is 23.1 Å². The Labute approximate surface area is 124 Å². The van der Waals surface area contributed by atoms with Gasteiger partial charge in [0.15, 0.2) is 0 Å². The van der Waals surface area contributed by atoms with Gasteiger partial charge in [-0.05, 0) is 73.4 Å². The Balaban J connectivity index is 1.42. The number of hydrogen-bond donors (Lipinski definition) is 1. The van der Waals surface area contributed by atoms with E-state index in [0.29, 0.717) is 6.04 Å². The molecule has 0 radical (unpaired) electrons. The van der Waals surface area contributed by atoms with Gasteiger partial charge in [0.2, 0.25) is 0 Å². The Hall–Kier alpha value is 0.01000. The fourth-order valence-corrected chi connectivity index (χ4v) is 6.15. The van der Waals surface area contributed by atoms with Crippen LogP contribution in [0.4, 0.5) is 0 Å². The van der Waals surface area contributed by atoms with Crippen LogP contribution in [0.15, 0.2) is 15.7 Å². The molecule has 1 aliphatic heterocycles. The molecule has 0 bridgehead atoms. The van der Waals surface area contributed by atoms with Gasteiger partial charge in [-0.25, -0.2) is 0 Å². The van der Waals surface area contributed by atoms with E-state index < -0.39 is 0 Å². The molecule has 1 N–H and O–H groups in total. The van der Waals surface area contributed by atoms with E-state index in [-0.39, 0.29) is 0 Å². The second-order valence-electron chi connectivity index (χ2n) is 6.63. The van der Waals surface area contributed by atoms with Crippen molar-refractivity contribution in [2.24, 2.45) is 17.8 Å². The molecule has 0 saturated heterocycles. The van der Waals surface area contributed by atoms with Gasteiger partial charge in [0.1, 0.15) is 0 Å². The van der Waals surface area contributed by atoms with Gasteiger partial charge in [0.25, 0.3) is 0 Å². The molecular weight excluding hydrogens is 270 g/mol. The molecule has 2 aliphatic carbocycles. The third kappa shape index (κ3) is 2.74. The van der Waals surface area contributed by atoms with Crippen LogP contribution in [0, 0.1) is 17.8 Å². The number of fused-ring (bicyclic) bond motifs is 1. The van der Waals surface area contributed by atoms with Crippen LogP contribution in [0.2, 0.25) is 0 Å². The SMILES string of the molecule is C[C@H]1CC(NCC(C2CC2)C2CC2)c2ccsc2S1. The Morgan fingerprint density at radius 2 is 2.00 bits per heavy atom. The molecule has 4 rings (SSSR count). The molecule has 0 amide bonds. The average molecular weight is 294 g/mol. The highest BCUT2D eigenvalue weighted by Crippen LogP contribution is 2.49. The van der Waals surface area contributed by atoms with E-state index >= 15 is 0 Å². The molecule has 19 heavy (non-hydrogen) atoms. The molecule has 1 aromatic heterocycles. The molecular formula is C16H23NS2. The van der Waals surface area contributed by atoms with Crippen LogP contribution in [0.3, 0.4) is 0 Å². The van der Waals surface area contributed by atoms with Gasteiger partial charge in [0.05, 0.1) is 4.21 Å². The molecule has 2 saturated carbocycles. The number of rotatable bonds is 5. The molecule has 0 spiro atoms. The first-order valence-electron chi connectivity index (χ1n) is 7.78. The first-order chi connectivity index (χ1) is 9.31. The first-order valence-corrected chi connectivity index (χ1v) is 9.54. The quantitative estimate of drug-likeness (QED) is 0.844. The van der Waals surface area contributed by atoms with E-state index in [1.54, 1.807) is 9.77 Å². The van der Waals surface area contributed by atoms with E-state index in [9.17, 15) is 0 Å². The number of thioether (sulfide) groups is 1. The zero-order valence-corrected chi connectivity index (χ0v) is 13.2. The predicted octanol–water partition coefficient (Wildman–Crippen LogP) is 4.70. The molecule has 1 unspecified atom stereocenters. The summed E-state index contributed by atoms with van der Waals surface area (Å²) in [5.74, 6) is 3.13. The summed E-state index contributed by atoms with van der Waals surface area (Å²) >= 11 is 4.00. The molecule has 3 heteroatoms. The van der Waals surface area contributed by atoms with Gasteiger partial charge < -0.3 is 5.32 Å². The summed E-state index contributed by atoms with van der Waals surface area (Å²) in [7, 11) is 0. The van der Waals surface area contributed by atoms with Crippen molar-refractivity contribution in [3.8, 4) is 0 Å². The van der Waals surface area contributed by atoms with E-state index in [1.807, 2.05) is 11.3 Å². The summed E-state index contributed by atoms with van der Waals surface area (Å²) in [6, 6.07) is 2.97. The van der Waals surface area contributed by atoms with Crippen molar-refractivity contribution in [1.29, 1.82) is 0 Å². The third-order valence-corrected chi connectivity index (χ3v) is 7.31. The summed E-state index contributed by atoms with van der Waals surface area (Å²) in [5.41, 5.74) is 1.58. The minimum Gasteiger partial charge on any atom is -0.310 e. The maximum atomic E-state index is 3.93. The summed E-state index contributed by atoms with van der Waals surface area (Å²) < 4.78 is 1.56. The predicted molar refractivity (Wildman–Crippen MR) is 83.9 cm³/mol. The van der Waals surface area contributed by atoms with Crippen LogP contribution in [-0.2, 0) is 0 Å². The lowest BCUT2D eigenvalue weighted by molar-refractivity contribution is 0.347. The van der Waals surface area contributed by atoms with Gasteiger partial charge in [-0.2, -0.15) is 0 Å². The second kappa shape index (κ2) is 5.09. The van der Waals surface area contributed by atoms with Gasteiger partial charge in [-0.15, -0.1) is 23.1 Å². The molecule has 0 aromatic carbocycles. The summed E-state index contributed by atoms with van der Waals surface area (Å²) in [5, 5.41) is 6.97. The maximum Gasteiger partial charge on any atom is 0.0649 e. The fourth-order valence-electron chi connectivity index (χ4n) is 3.59. The smallest absolute Gasteiger partial charge is 0.0649 e. The normalized spacial score (nSPS) is 30.6. The van der Waals surface area contributed by atoms with Gasteiger partial charge in [0, 0.05) is 11.3 Å². The van der Waals surface area contributed by atoms with Crippen LogP contribution >= 0.6 is 23.1 Å². The number of thiophene rings is 1. The number of hydrogen-bond acceptors (Lipinski definition) is 3. The van der Waals surface area contributed by atoms with E-state index in [0.717, 1.165) is 23.0 Å². The molecule has 2 heterocycles. The zero-order valence-electron chi connectivity index (χ0n) is 11.6. The Kier molecular flexibility index (Phi) is 3.41. The van der Waals surface area contributed by atoms with E-state index in [2.05, 4.69) is 35.4 Å². The highest BCUT2D eigenvalue weighted by Gasteiger charge is 2.41.